The molecule has 136 valence electrons. The van der Waals surface area contributed by atoms with Crippen LogP contribution >= 0.6 is 34.7 Å². The number of thiazole rings is 1. The fraction of sp³-hybridized carbons (Fsp3) is 0.0625. The minimum atomic E-state index is -0.546. The molecule has 0 saturated carbocycles. The highest BCUT2D eigenvalue weighted by Crippen LogP contribution is 2.30. The first-order valence-electron chi connectivity index (χ1n) is 7.62. The summed E-state index contributed by atoms with van der Waals surface area (Å²) in [7, 11) is 0. The van der Waals surface area contributed by atoms with Gasteiger partial charge < -0.3 is 5.32 Å². The van der Waals surface area contributed by atoms with Crippen molar-refractivity contribution in [1.82, 2.24) is 14.6 Å². The number of nitrogens with zero attached hydrogens (tertiary/aromatic N) is 4. The van der Waals surface area contributed by atoms with E-state index in [1.54, 1.807) is 0 Å². The zero-order valence-corrected chi connectivity index (χ0v) is 15.8. The molecule has 0 fully saturated rings. The fourth-order valence-electron chi connectivity index (χ4n) is 2.49. The summed E-state index contributed by atoms with van der Waals surface area (Å²) in [5, 5.41) is 22.6. The Morgan fingerprint density at radius 3 is 2.93 bits per heavy atom. The molecule has 11 heteroatoms. The molecule has 2 heterocycles. The predicted molar refractivity (Wildman–Crippen MR) is 106 cm³/mol. The topological polar surface area (TPSA) is 102 Å². The van der Waals surface area contributed by atoms with Crippen LogP contribution in [0.2, 0.25) is 5.02 Å². The van der Waals surface area contributed by atoms with Crippen LogP contribution in [0.25, 0.3) is 15.2 Å². The molecule has 0 saturated heterocycles. The van der Waals surface area contributed by atoms with E-state index in [-0.39, 0.29) is 28.1 Å². The highest BCUT2D eigenvalue weighted by atomic mass is 35.5. The maximum Gasteiger partial charge on any atom is 0.271 e. The third-order valence-electron chi connectivity index (χ3n) is 3.68. The quantitative estimate of drug-likeness (QED) is 0.295. The van der Waals surface area contributed by atoms with E-state index >= 15 is 0 Å². The van der Waals surface area contributed by atoms with Crippen molar-refractivity contribution in [2.75, 3.05) is 11.1 Å². The number of benzene rings is 2. The molecule has 0 radical (unpaired) electrons. The van der Waals surface area contributed by atoms with Gasteiger partial charge in [-0.3, -0.25) is 19.3 Å². The Bertz CT molecular complexity index is 1190. The Morgan fingerprint density at radius 1 is 1.30 bits per heavy atom. The lowest BCUT2D eigenvalue weighted by Crippen LogP contribution is -2.14. The van der Waals surface area contributed by atoms with Crippen molar-refractivity contribution in [3.8, 4) is 0 Å². The second-order valence-electron chi connectivity index (χ2n) is 5.43. The number of nitrogens with one attached hydrogen (secondary N) is 1. The van der Waals surface area contributed by atoms with Crippen molar-refractivity contribution in [2.24, 2.45) is 0 Å². The smallest absolute Gasteiger partial charge is 0.271 e. The Hall–Kier alpha value is -2.69. The number of hydrogen-bond acceptors (Lipinski definition) is 7. The average Bonchev–Trinajstić information content (AvgIpc) is 3.21. The first kappa shape index (κ1) is 17.7. The molecule has 2 aromatic carbocycles. The molecule has 4 rings (SSSR count). The van der Waals surface area contributed by atoms with E-state index in [2.05, 4.69) is 15.5 Å². The number of aromatic nitrogens is 3. The molecule has 0 atom stereocenters. The largest absolute Gasteiger partial charge is 0.324 e. The van der Waals surface area contributed by atoms with Gasteiger partial charge in [0.1, 0.15) is 0 Å². The van der Waals surface area contributed by atoms with Crippen molar-refractivity contribution in [2.45, 2.75) is 5.16 Å². The van der Waals surface area contributed by atoms with E-state index in [0.717, 1.165) is 15.2 Å². The molecule has 2 aromatic heterocycles. The molecule has 1 amide bonds. The zero-order chi connectivity index (χ0) is 19.0. The second kappa shape index (κ2) is 7.14. The van der Waals surface area contributed by atoms with Gasteiger partial charge in [-0.1, -0.05) is 46.8 Å². The number of halogens is 1. The van der Waals surface area contributed by atoms with Gasteiger partial charge in [-0.2, -0.15) is 0 Å². The monoisotopic (exact) mass is 419 g/mol. The molecular formula is C16H10ClN5O3S2. The Balaban J connectivity index is 1.51. The maximum atomic E-state index is 12.3. The molecule has 4 aromatic rings. The van der Waals surface area contributed by atoms with Crippen LogP contribution in [0.4, 0.5) is 11.4 Å². The third kappa shape index (κ3) is 3.46. The first-order chi connectivity index (χ1) is 13.0. The van der Waals surface area contributed by atoms with Gasteiger partial charge in [0.05, 0.1) is 31.6 Å². The van der Waals surface area contributed by atoms with Gasteiger partial charge in [-0.25, -0.2) is 0 Å². The van der Waals surface area contributed by atoms with Gasteiger partial charge in [-0.15, -0.1) is 10.2 Å². The van der Waals surface area contributed by atoms with Gasteiger partial charge in [0.25, 0.3) is 5.69 Å². The normalized spacial score (nSPS) is 11.1. The van der Waals surface area contributed by atoms with Gasteiger partial charge in [0.15, 0.2) is 5.16 Å². The predicted octanol–water partition coefficient (Wildman–Crippen LogP) is 4.24. The summed E-state index contributed by atoms with van der Waals surface area (Å²) in [6.07, 6.45) is 0. The van der Waals surface area contributed by atoms with Crippen LogP contribution in [0.15, 0.2) is 47.6 Å². The van der Waals surface area contributed by atoms with Crippen molar-refractivity contribution in [1.29, 1.82) is 0 Å². The van der Waals surface area contributed by atoms with Crippen LogP contribution < -0.4 is 5.32 Å². The number of rotatable bonds is 5. The zero-order valence-electron chi connectivity index (χ0n) is 13.5. The van der Waals surface area contributed by atoms with E-state index in [9.17, 15) is 14.9 Å². The number of non-ortho nitro benzene ring substituents is 1. The lowest BCUT2D eigenvalue weighted by atomic mass is 10.3. The van der Waals surface area contributed by atoms with E-state index < -0.39 is 4.92 Å². The molecule has 8 nitrogen and oxygen atoms in total. The van der Waals surface area contributed by atoms with Gasteiger partial charge in [0.2, 0.25) is 10.9 Å². The van der Waals surface area contributed by atoms with E-state index in [1.807, 2.05) is 28.7 Å². The van der Waals surface area contributed by atoms with Crippen LogP contribution in [-0.4, -0.2) is 31.2 Å². The minimum absolute atomic E-state index is 0.0595. The van der Waals surface area contributed by atoms with Gasteiger partial charge >= 0.3 is 0 Å². The van der Waals surface area contributed by atoms with E-state index in [0.29, 0.717) is 5.16 Å². The summed E-state index contributed by atoms with van der Waals surface area (Å²) in [4.78, 5) is 23.3. The van der Waals surface area contributed by atoms with Crippen LogP contribution in [0.1, 0.15) is 0 Å². The summed E-state index contributed by atoms with van der Waals surface area (Å²) in [5.41, 5.74) is 1.03. The molecule has 0 aliphatic carbocycles. The molecule has 0 aliphatic heterocycles. The van der Waals surface area contributed by atoms with Crippen LogP contribution in [0.5, 0.6) is 0 Å². The first-order valence-corrected chi connectivity index (χ1v) is 9.80. The molecule has 0 bridgehead atoms. The molecule has 0 unspecified atom stereocenters. The number of hydrogen-bond donors (Lipinski definition) is 1. The van der Waals surface area contributed by atoms with Gasteiger partial charge in [0, 0.05) is 12.1 Å². The molecule has 0 aliphatic rings. The lowest BCUT2D eigenvalue weighted by Gasteiger charge is -2.06. The number of fused-ring (bicyclic) bond motifs is 3. The molecular weight excluding hydrogens is 410 g/mol. The number of para-hydroxylation sites is 1. The summed E-state index contributed by atoms with van der Waals surface area (Å²) in [6.45, 7) is 0. The number of thioether (sulfide) groups is 1. The van der Waals surface area contributed by atoms with Crippen molar-refractivity contribution < 1.29 is 9.72 Å². The second-order valence-corrected chi connectivity index (χ2v) is 7.79. The SMILES string of the molecule is O=C(CSc1nnc2sc3ccccc3n12)Nc1cc([N+](=O)[O-])ccc1Cl. The third-order valence-corrected chi connectivity index (χ3v) is 5.95. The van der Waals surface area contributed by atoms with Crippen LogP contribution in [0.3, 0.4) is 0 Å². The van der Waals surface area contributed by atoms with Crippen molar-refractivity contribution in [3.05, 3.63) is 57.6 Å². The number of nitro groups is 1. The number of nitro benzene ring substituents is 1. The minimum Gasteiger partial charge on any atom is -0.324 e. The standard InChI is InChI=1S/C16H10ClN5O3S2/c17-10-6-5-9(22(24)25)7-11(10)18-14(23)8-26-15-19-20-16-21(15)12-3-1-2-4-13(12)27-16/h1-7H,8H2,(H,18,23). The fourth-order valence-corrected chi connectivity index (χ4v) is 4.42. The highest BCUT2D eigenvalue weighted by molar-refractivity contribution is 7.99. The summed E-state index contributed by atoms with van der Waals surface area (Å²) in [5.74, 6) is -0.289. The summed E-state index contributed by atoms with van der Waals surface area (Å²) < 4.78 is 2.98. The number of amides is 1. The Kier molecular flexibility index (Phi) is 4.68. The van der Waals surface area contributed by atoms with E-state index in [4.69, 9.17) is 11.6 Å². The molecule has 1 N–H and O–H groups in total. The van der Waals surface area contributed by atoms with E-state index in [1.165, 1.54) is 41.3 Å². The molecule has 0 spiro atoms. The van der Waals surface area contributed by atoms with Crippen molar-refractivity contribution in [3.63, 3.8) is 0 Å². The number of carbonyl (C=O) groups excluding carboxylic acids is 1. The Labute approximate surface area is 165 Å². The average molecular weight is 420 g/mol. The van der Waals surface area contributed by atoms with Crippen LogP contribution in [-0.2, 0) is 4.79 Å². The van der Waals surface area contributed by atoms with Crippen molar-refractivity contribution >= 4 is 67.2 Å². The van der Waals surface area contributed by atoms with Crippen LogP contribution in [0, 0.1) is 10.1 Å². The Morgan fingerprint density at radius 2 is 2.11 bits per heavy atom. The maximum absolute atomic E-state index is 12.3. The van der Waals surface area contributed by atoms with Gasteiger partial charge in [-0.05, 0) is 18.2 Å². The number of anilines is 1. The number of carbonyl (C=O) groups is 1. The highest BCUT2D eigenvalue weighted by Gasteiger charge is 2.16. The summed E-state index contributed by atoms with van der Waals surface area (Å²) in [6, 6.07) is 11.7. The molecule has 27 heavy (non-hydrogen) atoms. The lowest BCUT2D eigenvalue weighted by molar-refractivity contribution is -0.384. The summed E-state index contributed by atoms with van der Waals surface area (Å²) >= 11 is 8.75.